The Balaban J connectivity index is 0.00000450. The van der Waals surface area contributed by atoms with Gasteiger partial charge in [-0.1, -0.05) is 0 Å². The Morgan fingerprint density at radius 1 is 1.06 bits per heavy atom. The molecule has 17 nitrogen and oxygen atoms in total. The van der Waals surface area contributed by atoms with Crippen molar-refractivity contribution in [2.24, 2.45) is 0 Å². The average Bonchev–Trinajstić information content (AvgIpc) is 2.78. The van der Waals surface area contributed by atoms with Crippen LogP contribution in [0.5, 0.6) is 0 Å². The summed E-state index contributed by atoms with van der Waals surface area (Å²) < 4.78 is 49.9. The molecule has 166 valence electrons. The average molecular weight is 539 g/mol. The van der Waals surface area contributed by atoms with Gasteiger partial charge in [0.05, 0.1) is 14.4 Å². The third-order valence-corrected chi connectivity index (χ3v) is 7.03. The SMILES string of the molecule is O=[13c]1[13cH][13cH][15n]([13C@@H]2O[13C@H]([13CH2]OP(=O)(O)OP(=O)(O)OP(=O)([O-])[O-])[13C@@H](O)[13C@H]2O)[13c](=O)[15nH]1.[Na+].[Na+]. The van der Waals surface area contributed by atoms with Crippen molar-refractivity contribution < 1.29 is 120 Å². The topological polar surface area (TPSA) is 270 Å². The van der Waals surface area contributed by atoms with Crippen molar-refractivity contribution in [2.75, 3.05) is 6.61 Å². The van der Waals surface area contributed by atoms with E-state index in [0.717, 1.165) is 12.3 Å². The zero-order valence-corrected chi connectivity index (χ0v) is 22.4. The van der Waals surface area contributed by atoms with Gasteiger partial charge in [0.1, 0.15) is 18.3 Å². The number of aliphatic hydroxyl groups is 2. The number of hydrogen-bond donors (Lipinski definition) is 5. The summed E-state index contributed by atoms with van der Waals surface area (Å²) in [5, 5.41) is 19.9. The zero-order valence-electron chi connectivity index (χ0n) is 15.7. The molecule has 0 amide bonds. The van der Waals surface area contributed by atoms with Gasteiger partial charge in [-0.15, -0.1) is 0 Å². The van der Waals surface area contributed by atoms with Gasteiger partial charge in [-0.25, -0.2) is 13.9 Å². The summed E-state index contributed by atoms with van der Waals surface area (Å²) in [4.78, 5) is 63.5. The Hall–Kier alpha value is 0.970. The monoisotopic (exact) mass is 539 g/mol. The van der Waals surface area contributed by atoms with Gasteiger partial charge in [-0.3, -0.25) is 23.2 Å². The molecule has 31 heavy (non-hydrogen) atoms. The van der Waals surface area contributed by atoms with Crippen LogP contribution in [0.4, 0.5) is 0 Å². The summed E-state index contributed by atoms with van der Waals surface area (Å²) in [7, 11) is -17.4. The van der Waals surface area contributed by atoms with Crippen molar-refractivity contribution in [1.82, 2.24) is 9.55 Å². The fraction of sp³-hybridized carbons (Fsp3) is 0.556. The van der Waals surface area contributed by atoms with Crippen molar-refractivity contribution in [1.29, 1.82) is 0 Å². The molecule has 0 radical (unpaired) electrons. The number of phosphoric acid groups is 3. The van der Waals surface area contributed by atoms with E-state index < -0.39 is 65.9 Å². The molecule has 1 aliphatic heterocycles. The predicted octanol–water partition coefficient (Wildman–Crippen LogP) is -9.76. The van der Waals surface area contributed by atoms with Gasteiger partial charge in [-0.05, 0) is 0 Å². The number of aromatic amines is 1. The molecule has 1 aromatic rings. The van der Waals surface area contributed by atoms with E-state index in [2.05, 4.69) is 13.1 Å². The first-order valence-corrected chi connectivity index (χ1v) is 11.6. The van der Waals surface area contributed by atoms with Crippen molar-refractivity contribution in [2.45, 2.75) is 24.5 Å². The molecule has 0 bridgehead atoms. The maximum Gasteiger partial charge on any atom is 1.00 e. The third kappa shape index (κ3) is 9.62. The Kier molecular flexibility index (Phi) is 12.5. The second-order valence-electron chi connectivity index (χ2n) is 5.41. The van der Waals surface area contributed by atoms with E-state index in [-0.39, 0.29) is 59.1 Å². The molecule has 5 N–H and O–H groups in total. The molecule has 6 atom stereocenters. The second-order valence-corrected chi connectivity index (χ2v) is 9.74. The Morgan fingerprint density at radius 2 is 1.65 bits per heavy atom. The fourth-order valence-corrected chi connectivity index (χ4v) is 5.15. The largest absolute Gasteiger partial charge is 1.00 e. The van der Waals surface area contributed by atoms with Crippen LogP contribution < -0.4 is 80.2 Å². The van der Waals surface area contributed by atoms with Gasteiger partial charge in [0.2, 0.25) is 0 Å². The molecule has 1 saturated heterocycles. The second kappa shape index (κ2) is 12.1. The Labute approximate surface area is 216 Å². The summed E-state index contributed by atoms with van der Waals surface area (Å²) in [6.45, 7) is -1.08. The predicted molar refractivity (Wildman–Crippen MR) is 82.6 cm³/mol. The number of rotatable bonds is 8. The van der Waals surface area contributed by atoms with Crippen LogP contribution in [0, 0.1) is 0 Å². The number of nitrogens with one attached hydrogen (secondary N) is 1. The number of ether oxygens (including phenoxy) is 1. The van der Waals surface area contributed by atoms with Crippen LogP contribution >= 0.6 is 23.5 Å². The molecule has 2 heterocycles. The molecule has 1 aliphatic rings. The van der Waals surface area contributed by atoms with Crippen LogP contribution in [0.15, 0.2) is 21.9 Å². The summed E-state index contributed by atoms with van der Waals surface area (Å²) in [5.74, 6) is 0. The molecule has 0 aliphatic carbocycles. The minimum absolute atomic E-state index is 0. The number of aliphatic hydroxyl groups excluding tert-OH is 2. The fourth-order valence-electron chi connectivity index (χ4n) is 2.19. The third-order valence-electron chi connectivity index (χ3n) is 3.27. The van der Waals surface area contributed by atoms with Crippen molar-refractivity contribution >= 4 is 23.5 Å². The van der Waals surface area contributed by atoms with E-state index in [4.69, 9.17) is 9.63 Å². The Morgan fingerprint density at radius 3 is 2.16 bits per heavy atom. The number of aromatic nitrogens is 2. The normalized spacial score (nSPS) is 27.4. The van der Waals surface area contributed by atoms with E-state index in [9.17, 15) is 48.2 Å². The van der Waals surface area contributed by atoms with Crippen molar-refractivity contribution in [3.63, 3.8) is 0 Å². The smallest absolute Gasteiger partial charge is 0.789 e. The van der Waals surface area contributed by atoms with E-state index in [1.807, 2.05) is 4.98 Å². The van der Waals surface area contributed by atoms with Gasteiger partial charge in [0.25, 0.3) is 5.56 Å². The summed E-state index contributed by atoms with van der Waals surface area (Å²) in [5.41, 5.74) is -1.77. The standard InChI is InChI=1S/C9H15N2O15P3.2Na/c12-5-1-2-11(9(15)10-5)8-7(14)6(13)4(24-8)3-23-28(19,20)26-29(21,22)25-27(16,17)18;;/h1-2,4,6-8,13-14H,3H2,(H,19,20)(H,21,22)(H,10,12,15)(H2,16,17,18);;/q;2*+1/p-2/t4-,6-,7-,8-;;/m1../s1/i1+1,2+1,3+1,4+1,5+1,6+1,7+1,8+1,9+1,10+1,11+1;;. The van der Waals surface area contributed by atoms with Crippen LogP contribution in [0.1, 0.15) is 6.23 Å². The molecule has 0 saturated carbocycles. The van der Waals surface area contributed by atoms with E-state index in [0.29, 0.717) is 4.57 Å². The number of nitrogens with zero attached hydrogens (tertiary/aromatic N) is 1. The van der Waals surface area contributed by atoms with Crippen LogP contribution in [-0.4, -0.2) is 54.5 Å². The number of hydrogen-bond acceptors (Lipinski definition) is 13. The molecule has 2 rings (SSSR count). The van der Waals surface area contributed by atoms with Gasteiger partial charge in [0, 0.05) is 12.3 Å². The van der Waals surface area contributed by atoms with Crippen LogP contribution in [0.25, 0.3) is 0 Å². The molecule has 1 fully saturated rings. The molecule has 2 unspecified atom stereocenters. The first kappa shape index (κ1) is 32.0. The number of phosphoric ester groups is 1. The van der Waals surface area contributed by atoms with Crippen LogP contribution in [0.2, 0.25) is 0 Å². The Bertz CT molecular complexity index is 1010. The molecular weight excluding hydrogens is 526 g/mol. The zero-order chi connectivity index (χ0) is 22.2. The van der Waals surface area contributed by atoms with Gasteiger partial charge in [-0.2, -0.15) is 4.31 Å². The van der Waals surface area contributed by atoms with E-state index in [1.54, 1.807) is 0 Å². The molecule has 1 aromatic heterocycles. The quantitative estimate of drug-likeness (QED) is 0.117. The number of H-pyrrole nitrogens is 1. The van der Waals surface area contributed by atoms with Gasteiger partial charge < -0.3 is 39.1 Å². The minimum atomic E-state index is -6.06. The van der Waals surface area contributed by atoms with Gasteiger partial charge in [0.15, 0.2) is 6.23 Å². The van der Waals surface area contributed by atoms with E-state index in [1.165, 1.54) is 0 Å². The maximum atomic E-state index is 11.7. The van der Waals surface area contributed by atoms with Crippen LogP contribution in [-0.2, 0) is 31.6 Å². The van der Waals surface area contributed by atoms with E-state index >= 15 is 0 Å². The molecule has 0 spiro atoms. The molecule has 22 heteroatoms. The molecule has 0 aromatic carbocycles. The summed E-state index contributed by atoms with van der Waals surface area (Å²) in [6.07, 6.45) is -5.79. The van der Waals surface area contributed by atoms with Crippen LogP contribution in [0.3, 0.4) is 0 Å². The maximum absolute atomic E-state index is 11.7. The van der Waals surface area contributed by atoms with Crippen molar-refractivity contribution in [3.05, 3.63) is 33.1 Å². The summed E-state index contributed by atoms with van der Waals surface area (Å²) in [6, 6.07) is 0.910. The van der Waals surface area contributed by atoms with Gasteiger partial charge >= 0.3 is 80.4 Å². The first-order valence-electron chi connectivity index (χ1n) is 7.18. The summed E-state index contributed by atoms with van der Waals surface area (Å²) >= 11 is 0. The first-order chi connectivity index (χ1) is 13.1. The molecular formula is C9H13N2Na2O15P3. The minimum Gasteiger partial charge on any atom is -0.789 e. The van der Waals surface area contributed by atoms with Crippen molar-refractivity contribution in [3.8, 4) is 0 Å².